The van der Waals surface area contributed by atoms with Gasteiger partial charge in [-0.2, -0.15) is 0 Å². The zero-order chi connectivity index (χ0) is 12.3. The van der Waals surface area contributed by atoms with Crippen molar-refractivity contribution in [2.75, 3.05) is 6.54 Å². The standard InChI is InChI=1S/C14H21ClN2/c1-10(2)17-8-13-4-3-11(13)7-12-5-6-16-9-14(12)15/h5-6,9-11,13,17H,3-4,7-8H2,1-2H3. The van der Waals surface area contributed by atoms with E-state index in [0.717, 1.165) is 29.8 Å². The predicted octanol–water partition coefficient (Wildman–Crippen LogP) is 3.30. The average Bonchev–Trinajstić information content (AvgIpc) is 2.26. The highest BCUT2D eigenvalue weighted by molar-refractivity contribution is 6.31. The van der Waals surface area contributed by atoms with Gasteiger partial charge in [0, 0.05) is 18.4 Å². The second-order valence-corrected chi connectivity index (χ2v) is 5.74. The van der Waals surface area contributed by atoms with Gasteiger partial charge in [0.25, 0.3) is 0 Å². The van der Waals surface area contributed by atoms with Crippen molar-refractivity contribution in [1.29, 1.82) is 0 Å². The van der Waals surface area contributed by atoms with Crippen LogP contribution in [0.15, 0.2) is 18.5 Å². The number of rotatable bonds is 5. The van der Waals surface area contributed by atoms with Crippen molar-refractivity contribution in [2.24, 2.45) is 11.8 Å². The monoisotopic (exact) mass is 252 g/mol. The van der Waals surface area contributed by atoms with Crippen molar-refractivity contribution in [3.63, 3.8) is 0 Å². The second kappa shape index (κ2) is 5.83. The van der Waals surface area contributed by atoms with Crippen molar-refractivity contribution >= 4 is 11.6 Å². The largest absolute Gasteiger partial charge is 0.314 e. The van der Waals surface area contributed by atoms with E-state index in [0.29, 0.717) is 6.04 Å². The minimum Gasteiger partial charge on any atom is -0.314 e. The molecule has 1 saturated carbocycles. The molecular formula is C14H21ClN2. The molecule has 1 aromatic heterocycles. The van der Waals surface area contributed by atoms with Crippen molar-refractivity contribution in [2.45, 2.75) is 39.2 Å². The summed E-state index contributed by atoms with van der Waals surface area (Å²) in [7, 11) is 0. The van der Waals surface area contributed by atoms with Crippen LogP contribution in [0.2, 0.25) is 5.02 Å². The topological polar surface area (TPSA) is 24.9 Å². The van der Waals surface area contributed by atoms with E-state index in [9.17, 15) is 0 Å². The Hall–Kier alpha value is -0.600. The van der Waals surface area contributed by atoms with Crippen LogP contribution in [-0.2, 0) is 6.42 Å². The van der Waals surface area contributed by atoms with Crippen molar-refractivity contribution in [3.05, 3.63) is 29.0 Å². The number of aromatic nitrogens is 1. The van der Waals surface area contributed by atoms with Crippen LogP contribution in [0.3, 0.4) is 0 Å². The fraction of sp³-hybridized carbons (Fsp3) is 0.643. The summed E-state index contributed by atoms with van der Waals surface area (Å²) in [6.07, 6.45) is 7.38. The number of halogens is 1. The third kappa shape index (κ3) is 3.43. The first kappa shape index (κ1) is 12.8. The lowest BCUT2D eigenvalue weighted by molar-refractivity contribution is 0.168. The molecule has 1 aliphatic rings. The minimum atomic E-state index is 0.584. The van der Waals surface area contributed by atoms with Crippen LogP contribution in [-0.4, -0.2) is 17.6 Å². The molecule has 0 bridgehead atoms. The Bertz CT molecular complexity index is 365. The molecule has 0 aromatic carbocycles. The van der Waals surface area contributed by atoms with E-state index in [1.54, 1.807) is 6.20 Å². The van der Waals surface area contributed by atoms with E-state index < -0.39 is 0 Å². The summed E-state index contributed by atoms with van der Waals surface area (Å²) in [4.78, 5) is 4.03. The van der Waals surface area contributed by atoms with E-state index in [1.807, 2.05) is 12.3 Å². The molecule has 1 fully saturated rings. The Morgan fingerprint density at radius 1 is 1.41 bits per heavy atom. The molecule has 3 heteroatoms. The van der Waals surface area contributed by atoms with Crippen molar-refractivity contribution in [3.8, 4) is 0 Å². The fourth-order valence-corrected chi connectivity index (χ4v) is 2.61. The van der Waals surface area contributed by atoms with Gasteiger partial charge in [0.2, 0.25) is 0 Å². The van der Waals surface area contributed by atoms with Gasteiger partial charge >= 0.3 is 0 Å². The third-order valence-electron chi connectivity index (χ3n) is 3.70. The quantitative estimate of drug-likeness (QED) is 0.870. The summed E-state index contributed by atoms with van der Waals surface area (Å²) >= 11 is 6.15. The first-order chi connectivity index (χ1) is 8.16. The van der Waals surface area contributed by atoms with Crippen LogP contribution in [0.4, 0.5) is 0 Å². The minimum absolute atomic E-state index is 0.584. The van der Waals surface area contributed by atoms with Crippen molar-refractivity contribution in [1.82, 2.24) is 10.3 Å². The number of hydrogen-bond donors (Lipinski definition) is 1. The molecule has 0 aliphatic heterocycles. The summed E-state index contributed by atoms with van der Waals surface area (Å²) in [5, 5.41) is 4.35. The summed E-state index contributed by atoms with van der Waals surface area (Å²) < 4.78 is 0. The maximum Gasteiger partial charge on any atom is 0.0621 e. The average molecular weight is 253 g/mol. The molecule has 1 heterocycles. The van der Waals surface area contributed by atoms with Gasteiger partial charge in [0.05, 0.1) is 5.02 Å². The van der Waals surface area contributed by atoms with Gasteiger partial charge in [0.1, 0.15) is 0 Å². The summed E-state index contributed by atoms with van der Waals surface area (Å²) in [6.45, 7) is 5.55. The van der Waals surface area contributed by atoms with Crippen LogP contribution >= 0.6 is 11.6 Å². The molecule has 2 unspecified atom stereocenters. The zero-order valence-corrected chi connectivity index (χ0v) is 11.4. The number of nitrogens with zero attached hydrogens (tertiary/aromatic N) is 1. The number of nitrogens with one attached hydrogen (secondary N) is 1. The van der Waals surface area contributed by atoms with Crippen LogP contribution in [0.5, 0.6) is 0 Å². The Morgan fingerprint density at radius 3 is 2.76 bits per heavy atom. The third-order valence-corrected chi connectivity index (χ3v) is 4.04. The van der Waals surface area contributed by atoms with Gasteiger partial charge in [0.15, 0.2) is 0 Å². The molecule has 2 atom stereocenters. The van der Waals surface area contributed by atoms with E-state index in [-0.39, 0.29) is 0 Å². The lowest BCUT2D eigenvalue weighted by Gasteiger charge is -2.37. The molecule has 2 nitrogen and oxygen atoms in total. The van der Waals surface area contributed by atoms with Gasteiger partial charge < -0.3 is 5.32 Å². The highest BCUT2D eigenvalue weighted by Gasteiger charge is 2.30. The molecule has 0 saturated heterocycles. The van der Waals surface area contributed by atoms with Gasteiger partial charge in [-0.15, -0.1) is 0 Å². The van der Waals surface area contributed by atoms with Crippen molar-refractivity contribution < 1.29 is 0 Å². The zero-order valence-electron chi connectivity index (χ0n) is 10.6. The van der Waals surface area contributed by atoms with Crippen LogP contribution in [0.1, 0.15) is 32.3 Å². The van der Waals surface area contributed by atoms with E-state index in [1.165, 1.54) is 18.4 Å². The van der Waals surface area contributed by atoms with E-state index in [4.69, 9.17) is 11.6 Å². The first-order valence-electron chi connectivity index (χ1n) is 6.48. The Morgan fingerprint density at radius 2 is 2.18 bits per heavy atom. The molecule has 17 heavy (non-hydrogen) atoms. The molecule has 1 aliphatic carbocycles. The highest BCUT2D eigenvalue weighted by Crippen LogP contribution is 2.37. The van der Waals surface area contributed by atoms with E-state index >= 15 is 0 Å². The Labute approximate surface area is 109 Å². The Balaban J connectivity index is 1.86. The maximum atomic E-state index is 6.15. The molecule has 1 N–H and O–H groups in total. The van der Waals surface area contributed by atoms with Gasteiger partial charge in [-0.1, -0.05) is 25.4 Å². The van der Waals surface area contributed by atoms with Crippen LogP contribution in [0.25, 0.3) is 0 Å². The molecule has 2 rings (SSSR count). The lowest BCUT2D eigenvalue weighted by Crippen LogP contribution is -2.38. The maximum absolute atomic E-state index is 6.15. The molecule has 0 amide bonds. The Kier molecular flexibility index (Phi) is 4.41. The predicted molar refractivity (Wildman–Crippen MR) is 72.3 cm³/mol. The smallest absolute Gasteiger partial charge is 0.0621 e. The van der Waals surface area contributed by atoms with Crippen LogP contribution in [0, 0.1) is 11.8 Å². The molecule has 0 radical (unpaired) electrons. The normalized spacial score (nSPS) is 23.8. The summed E-state index contributed by atoms with van der Waals surface area (Å²) in [5.41, 5.74) is 1.25. The van der Waals surface area contributed by atoms with E-state index in [2.05, 4.69) is 24.1 Å². The number of pyridine rings is 1. The molecule has 0 spiro atoms. The first-order valence-corrected chi connectivity index (χ1v) is 6.86. The number of hydrogen-bond acceptors (Lipinski definition) is 2. The van der Waals surface area contributed by atoms with Gasteiger partial charge in [-0.3, -0.25) is 4.98 Å². The molecular weight excluding hydrogens is 232 g/mol. The summed E-state index contributed by atoms with van der Waals surface area (Å²) in [5.74, 6) is 1.61. The fourth-order valence-electron chi connectivity index (χ4n) is 2.41. The SMILES string of the molecule is CC(C)NCC1CCC1Cc1ccncc1Cl. The van der Waals surface area contributed by atoms with Crippen LogP contribution < -0.4 is 5.32 Å². The van der Waals surface area contributed by atoms with Gasteiger partial charge in [-0.25, -0.2) is 0 Å². The molecule has 94 valence electrons. The summed E-state index contributed by atoms with van der Waals surface area (Å²) in [6, 6.07) is 2.63. The highest BCUT2D eigenvalue weighted by atomic mass is 35.5. The van der Waals surface area contributed by atoms with Gasteiger partial charge in [-0.05, 0) is 49.3 Å². The molecule has 1 aromatic rings. The lowest BCUT2D eigenvalue weighted by atomic mass is 9.70. The second-order valence-electron chi connectivity index (χ2n) is 5.33.